The molecule has 0 radical (unpaired) electrons. The minimum atomic E-state index is -0.319. The number of aryl methyl sites for hydroxylation is 1. The number of piperidine rings is 1. The largest absolute Gasteiger partial charge is 0.453 e. The van der Waals surface area contributed by atoms with E-state index in [9.17, 15) is 9.59 Å². The van der Waals surface area contributed by atoms with Gasteiger partial charge in [-0.15, -0.1) is 11.3 Å². The van der Waals surface area contributed by atoms with Crippen LogP contribution in [0.25, 0.3) is 10.6 Å². The predicted octanol–water partition coefficient (Wildman–Crippen LogP) is 3.73. The van der Waals surface area contributed by atoms with Gasteiger partial charge in [0.15, 0.2) is 0 Å². The van der Waals surface area contributed by atoms with Gasteiger partial charge in [-0.3, -0.25) is 4.79 Å². The van der Waals surface area contributed by atoms with Crippen LogP contribution in [-0.4, -0.2) is 48.1 Å². The standard InChI is InChI=1S/C18H20ClN3O3S/c1-11-15(26-17(20-11)12-3-5-13(19)6-4-12)16(23)21-14-7-9-22(10-8-14)18(24)25-2/h3-6,14H,7-10H2,1-2H3,(H,21,23). The van der Waals surface area contributed by atoms with Gasteiger partial charge in [-0.25, -0.2) is 9.78 Å². The molecule has 1 N–H and O–H groups in total. The monoisotopic (exact) mass is 393 g/mol. The van der Waals surface area contributed by atoms with Crippen LogP contribution in [0, 0.1) is 6.92 Å². The topological polar surface area (TPSA) is 71.5 Å². The average molecular weight is 394 g/mol. The lowest BCUT2D eigenvalue weighted by Crippen LogP contribution is -2.46. The van der Waals surface area contributed by atoms with Crippen LogP contribution in [0.5, 0.6) is 0 Å². The van der Waals surface area contributed by atoms with Crippen LogP contribution in [0.3, 0.4) is 0 Å². The van der Waals surface area contributed by atoms with Gasteiger partial charge >= 0.3 is 6.09 Å². The minimum Gasteiger partial charge on any atom is -0.453 e. The Labute approximate surface area is 161 Å². The molecule has 0 saturated carbocycles. The second-order valence-corrected chi connectivity index (χ2v) is 7.58. The fourth-order valence-electron chi connectivity index (χ4n) is 2.91. The van der Waals surface area contributed by atoms with Crippen molar-refractivity contribution in [1.29, 1.82) is 0 Å². The quantitative estimate of drug-likeness (QED) is 0.862. The normalized spacial score (nSPS) is 15.0. The number of nitrogens with one attached hydrogen (secondary N) is 1. The van der Waals surface area contributed by atoms with Gasteiger partial charge in [0, 0.05) is 29.7 Å². The number of carbonyl (C=O) groups excluding carboxylic acids is 2. The zero-order chi connectivity index (χ0) is 18.7. The second-order valence-electron chi connectivity index (χ2n) is 6.15. The maximum atomic E-state index is 12.6. The average Bonchev–Trinajstić information content (AvgIpc) is 3.04. The van der Waals surface area contributed by atoms with Gasteiger partial charge in [-0.1, -0.05) is 23.7 Å². The highest BCUT2D eigenvalue weighted by molar-refractivity contribution is 7.17. The number of likely N-dealkylation sites (tertiary alicyclic amines) is 1. The zero-order valence-electron chi connectivity index (χ0n) is 14.6. The van der Waals surface area contributed by atoms with Crippen molar-refractivity contribution in [2.45, 2.75) is 25.8 Å². The predicted molar refractivity (Wildman–Crippen MR) is 102 cm³/mol. The van der Waals surface area contributed by atoms with Gasteiger partial charge in [0.25, 0.3) is 5.91 Å². The number of ether oxygens (including phenoxy) is 1. The summed E-state index contributed by atoms with van der Waals surface area (Å²) in [6, 6.07) is 7.45. The van der Waals surface area contributed by atoms with Crippen molar-refractivity contribution >= 4 is 34.9 Å². The summed E-state index contributed by atoms with van der Waals surface area (Å²) in [5.41, 5.74) is 1.65. The van der Waals surface area contributed by atoms with Crippen LogP contribution >= 0.6 is 22.9 Å². The summed E-state index contributed by atoms with van der Waals surface area (Å²) in [4.78, 5) is 30.9. The van der Waals surface area contributed by atoms with Crippen LogP contribution in [0.1, 0.15) is 28.2 Å². The lowest BCUT2D eigenvalue weighted by atomic mass is 10.1. The van der Waals surface area contributed by atoms with E-state index in [-0.39, 0.29) is 18.0 Å². The van der Waals surface area contributed by atoms with Crippen LogP contribution < -0.4 is 5.32 Å². The summed E-state index contributed by atoms with van der Waals surface area (Å²) in [6.45, 7) is 3.00. The van der Waals surface area contributed by atoms with Crippen molar-refractivity contribution in [2.75, 3.05) is 20.2 Å². The van der Waals surface area contributed by atoms with E-state index in [1.165, 1.54) is 18.4 Å². The van der Waals surface area contributed by atoms with E-state index in [4.69, 9.17) is 16.3 Å². The first-order chi connectivity index (χ1) is 12.5. The molecule has 138 valence electrons. The molecule has 1 aromatic carbocycles. The summed E-state index contributed by atoms with van der Waals surface area (Å²) in [6.07, 6.45) is 1.10. The van der Waals surface area contributed by atoms with Crippen LogP contribution in [0.4, 0.5) is 4.79 Å². The van der Waals surface area contributed by atoms with Crippen molar-refractivity contribution < 1.29 is 14.3 Å². The minimum absolute atomic E-state index is 0.0453. The van der Waals surface area contributed by atoms with E-state index >= 15 is 0 Å². The molecule has 2 amide bonds. The van der Waals surface area contributed by atoms with Crippen LogP contribution in [0.2, 0.25) is 5.02 Å². The Morgan fingerprint density at radius 2 is 1.92 bits per heavy atom. The molecule has 0 atom stereocenters. The molecule has 3 rings (SSSR count). The molecule has 8 heteroatoms. The van der Waals surface area contributed by atoms with Crippen molar-refractivity contribution in [3.05, 3.63) is 39.9 Å². The van der Waals surface area contributed by atoms with Crippen molar-refractivity contribution in [2.24, 2.45) is 0 Å². The van der Waals surface area contributed by atoms with Gasteiger partial charge in [0.1, 0.15) is 9.88 Å². The molecule has 1 aliphatic rings. The molecule has 0 unspecified atom stereocenters. The number of nitrogens with zero attached hydrogens (tertiary/aromatic N) is 2. The lowest BCUT2D eigenvalue weighted by Gasteiger charge is -2.31. The van der Waals surface area contributed by atoms with Gasteiger partial charge in [-0.05, 0) is 31.9 Å². The molecule has 0 spiro atoms. The first-order valence-electron chi connectivity index (χ1n) is 8.35. The number of benzene rings is 1. The number of amides is 2. The zero-order valence-corrected chi connectivity index (χ0v) is 16.2. The maximum absolute atomic E-state index is 12.6. The number of hydrogen-bond donors (Lipinski definition) is 1. The molecule has 1 aliphatic heterocycles. The number of thiazole rings is 1. The summed E-state index contributed by atoms with van der Waals surface area (Å²) >= 11 is 7.29. The summed E-state index contributed by atoms with van der Waals surface area (Å²) < 4.78 is 4.73. The highest BCUT2D eigenvalue weighted by Gasteiger charge is 2.25. The molecule has 0 aliphatic carbocycles. The van der Waals surface area contributed by atoms with E-state index in [0.717, 1.165) is 10.6 Å². The number of carbonyl (C=O) groups is 2. The summed E-state index contributed by atoms with van der Waals surface area (Å²) in [5, 5.41) is 4.52. The van der Waals surface area contributed by atoms with Gasteiger partial charge < -0.3 is 15.0 Å². The molecule has 1 aromatic heterocycles. The molecule has 1 saturated heterocycles. The van der Waals surface area contributed by atoms with Gasteiger partial charge in [-0.2, -0.15) is 0 Å². The van der Waals surface area contributed by atoms with Crippen molar-refractivity contribution in [3.63, 3.8) is 0 Å². The maximum Gasteiger partial charge on any atom is 0.409 e. The van der Waals surface area contributed by atoms with E-state index in [2.05, 4.69) is 10.3 Å². The van der Waals surface area contributed by atoms with Gasteiger partial charge in [0.2, 0.25) is 0 Å². The molecule has 2 heterocycles. The lowest BCUT2D eigenvalue weighted by molar-refractivity contribution is 0.0895. The number of methoxy groups -OCH3 is 1. The van der Waals surface area contributed by atoms with Crippen molar-refractivity contribution in [3.8, 4) is 10.6 Å². The van der Waals surface area contributed by atoms with Gasteiger partial charge in [0.05, 0.1) is 12.8 Å². The summed E-state index contributed by atoms with van der Waals surface area (Å²) in [7, 11) is 1.38. The Kier molecular flexibility index (Phi) is 5.78. The highest BCUT2D eigenvalue weighted by atomic mass is 35.5. The van der Waals surface area contributed by atoms with E-state index in [1.807, 2.05) is 31.2 Å². The third kappa shape index (κ3) is 4.16. The molecule has 2 aromatic rings. The van der Waals surface area contributed by atoms with E-state index < -0.39 is 0 Å². The number of rotatable bonds is 3. The molecule has 1 fully saturated rings. The first kappa shape index (κ1) is 18.7. The van der Waals surface area contributed by atoms with E-state index in [0.29, 0.717) is 41.5 Å². The Hall–Kier alpha value is -2.12. The molecular weight excluding hydrogens is 374 g/mol. The van der Waals surface area contributed by atoms with Crippen LogP contribution in [-0.2, 0) is 4.74 Å². The SMILES string of the molecule is COC(=O)N1CCC(NC(=O)c2sc(-c3ccc(Cl)cc3)nc2C)CC1. The fourth-order valence-corrected chi connectivity index (χ4v) is 4.01. The first-order valence-corrected chi connectivity index (χ1v) is 9.54. The third-order valence-corrected chi connectivity index (χ3v) is 5.81. The second kappa shape index (κ2) is 8.05. The molecule has 6 nitrogen and oxygen atoms in total. The Balaban J connectivity index is 1.64. The number of halogens is 1. The Morgan fingerprint density at radius 3 is 2.54 bits per heavy atom. The van der Waals surface area contributed by atoms with E-state index in [1.54, 1.807) is 4.90 Å². The number of aromatic nitrogens is 1. The Bertz CT molecular complexity index is 799. The highest BCUT2D eigenvalue weighted by Crippen LogP contribution is 2.29. The Morgan fingerprint density at radius 1 is 1.27 bits per heavy atom. The molecule has 0 bridgehead atoms. The van der Waals surface area contributed by atoms with Crippen LogP contribution in [0.15, 0.2) is 24.3 Å². The summed E-state index contributed by atoms with van der Waals surface area (Å²) in [5.74, 6) is -0.114. The smallest absolute Gasteiger partial charge is 0.409 e. The fraction of sp³-hybridized carbons (Fsp3) is 0.389. The molecule has 26 heavy (non-hydrogen) atoms. The third-order valence-electron chi connectivity index (χ3n) is 4.36. The number of hydrogen-bond acceptors (Lipinski definition) is 5. The molecular formula is C18H20ClN3O3S. The van der Waals surface area contributed by atoms with Crippen molar-refractivity contribution in [1.82, 2.24) is 15.2 Å².